The van der Waals surface area contributed by atoms with Gasteiger partial charge in [0.25, 0.3) is 0 Å². The quantitative estimate of drug-likeness (QED) is 0.255. The first kappa shape index (κ1) is 27.9. The molecule has 0 saturated carbocycles. The van der Waals surface area contributed by atoms with Crippen molar-refractivity contribution >= 4 is 0 Å². The maximum absolute atomic E-state index is 2.48. The Morgan fingerprint density at radius 3 is 0.579 bits per heavy atom. The molecule has 198 valence electrons. The Morgan fingerprint density at radius 2 is 0.395 bits per heavy atom. The van der Waals surface area contributed by atoms with Gasteiger partial charge >= 0.3 is 0 Å². The average molecular weight is 503 g/mol. The van der Waals surface area contributed by atoms with Gasteiger partial charge in [-0.2, -0.15) is 0 Å². The van der Waals surface area contributed by atoms with E-state index in [-0.39, 0.29) is 11.8 Å². The monoisotopic (exact) mass is 502 g/mol. The highest BCUT2D eigenvalue weighted by atomic mass is 14.4. The lowest BCUT2D eigenvalue weighted by Crippen LogP contribution is -2.20. The van der Waals surface area contributed by atoms with E-state index in [2.05, 4.69) is 132 Å². The Labute approximate surface area is 232 Å². The molecular weight excluding hydrogens is 456 g/mol. The lowest BCUT2D eigenvalue weighted by atomic mass is 9.68. The molecule has 4 aromatic carbocycles. The fourth-order valence-corrected chi connectivity index (χ4v) is 6.32. The molecular formula is C38H46. The second-order valence-electron chi connectivity index (χ2n) is 12.1. The van der Waals surface area contributed by atoms with Crippen molar-refractivity contribution in [2.75, 3.05) is 0 Å². The standard InChI is InChI=1S/C38H46/c1-21-13-29(9)33(17-25(21)5)37(34-18-26(6)22(2)14-30(34)10)38(35-19-27(7)23(3)15-31(35)11)36-20-28(8)24(4)16-32(36)12/h13-20,37-38H,1-12H3. The lowest BCUT2D eigenvalue weighted by molar-refractivity contribution is 0.675. The summed E-state index contributed by atoms with van der Waals surface area (Å²) in [5.41, 5.74) is 22.2. The molecule has 0 spiro atoms. The third kappa shape index (κ3) is 5.11. The summed E-state index contributed by atoms with van der Waals surface area (Å²) in [4.78, 5) is 0. The van der Waals surface area contributed by atoms with Crippen molar-refractivity contribution in [1.29, 1.82) is 0 Å². The third-order valence-electron chi connectivity index (χ3n) is 9.20. The van der Waals surface area contributed by atoms with Crippen molar-refractivity contribution in [3.8, 4) is 0 Å². The first-order valence-corrected chi connectivity index (χ1v) is 14.1. The molecule has 4 aromatic rings. The van der Waals surface area contributed by atoms with Crippen molar-refractivity contribution in [2.45, 2.75) is 94.9 Å². The van der Waals surface area contributed by atoms with Crippen LogP contribution in [0.25, 0.3) is 0 Å². The average Bonchev–Trinajstić information content (AvgIpc) is 2.83. The highest BCUT2D eigenvalue weighted by Crippen LogP contribution is 2.48. The smallest absolute Gasteiger partial charge is 0.0204 e. The topological polar surface area (TPSA) is 0 Å². The molecule has 0 aliphatic carbocycles. The van der Waals surface area contributed by atoms with Gasteiger partial charge < -0.3 is 0 Å². The van der Waals surface area contributed by atoms with E-state index in [0.717, 1.165) is 0 Å². The molecule has 4 rings (SSSR count). The summed E-state index contributed by atoms with van der Waals surface area (Å²) < 4.78 is 0. The minimum atomic E-state index is 0.204. The first-order valence-electron chi connectivity index (χ1n) is 14.1. The fraction of sp³-hybridized carbons (Fsp3) is 0.368. The van der Waals surface area contributed by atoms with Gasteiger partial charge in [0.15, 0.2) is 0 Å². The predicted octanol–water partition coefficient (Wildman–Crippen LogP) is 10.4. The van der Waals surface area contributed by atoms with E-state index in [9.17, 15) is 0 Å². The summed E-state index contributed by atoms with van der Waals surface area (Å²) in [7, 11) is 0. The van der Waals surface area contributed by atoms with Crippen LogP contribution in [0.2, 0.25) is 0 Å². The van der Waals surface area contributed by atoms with Gasteiger partial charge in [-0.25, -0.2) is 0 Å². The minimum absolute atomic E-state index is 0.204. The van der Waals surface area contributed by atoms with Crippen LogP contribution < -0.4 is 0 Å². The summed E-state index contributed by atoms with van der Waals surface area (Å²) in [6, 6.07) is 19.5. The molecule has 0 heteroatoms. The molecule has 0 heterocycles. The fourth-order valence-electron chi connectivity index (χ4n) is 6.32. The Hall–Kier alpha value is -3.12. The molecule has 38 heavy (non-hydrogen) atoms. The van der Waals surface area contributed by atoms with Crippen molar-refractivity contribution < 1.29 is 0 Å². The largest absolute Gasteiger partial charge is 0.0558 e. The highest BCUT2D eigenvalue weighted by Gasteiger charge is 2.33. The Morgan fingerprint density at radius 1 is 0.237 bits per heavy atom. The van der Waals surface area contributed by atoms with Crippen LogP contribution in [-0.2, 0) is 0 Å². The van der Waals surface area contributed by atoms with Crippen LogP contribution in [0.3, 0.4) is 0 Å². The molecule has 0 N–H and O–H groups in total. The Kier molecular flexibility index (Phi) is 7.76. The summed E-state index contributed by atoms with van der Waals surface area (Å²) in [6.07, 6.45) is 0. The molecule has 0 amide bonds. The second-order valence-corrected chi connectivity index (χ2v) is 12.1. The van der Waals surface area contributed by atoms with Crippen molar-refractivity contribution in [2.24, 2.45) is 0 Å². The first-order chi connectivity index (χ1) is 17.8. The second kappa shape index (κ2) is 10.6. The third-order valence-corrected chi connectivity index (χ3v) is 9.20. The van der Waals surface area contributed by atoms with Crippen LogP contribution in [0.4, 0.5) is 0 Å². The predicted molar refractivity (Wildman–Crippen MR) is 166 cm³/mol. The van der Waals surface area contributed by atoms with Crippen LogP contribution in [0.15, 0.2) is 48.5 Å². The summed E-state index contributed by atoms with van der Waals surface area (Å²) in [5, 5.41) is 0. The van der Waals surface area contributed by atoms with Gasteiger partial charge in [0.2, 0.25) is 0 Å². The van der Waals surface area contributed by atoms with Gasteiger partial charge in [0, 0.05) is 11.8 Å². The maximum Gasteiger partial charge on any atom is 0.0204 e. The van der Waals surface area contributed by atoms with Gasteiger partial charge in [-0.05, 0) is 172 Å². The molecule has 0 fully saturated rings. The minimum Gasteiger partial charge on any atom is -0.0558 e. The number of rotatable bonds is 5. The molecule has 0 radical (unpaired) electrons. The number of hydrogen-bond acceptors (Lipinski definition) is 0. The molecule has 0 nitrogen and oxygen atoms in total. The molecule has 0 aliphatic heterocycles. The van der Waals surface area contributed by atoms with E-state index in [0.29, 0.717) is 0 Å². The van der Waals surface area contributed by atoms with Crippen molar-refractivity contribution in [3.63, 3.8) is 0 Å². The van der Waals surface area contributed by atoms with Gasteiger partial charge in [0.1, 0.15) is 0 Å². The SMILES string of the molecule is Cc1cc(C)c(C(c2cc(C)c(C)cc2C)C(c2cc(C)c(C)cc2C)c2cc(C)c(C)cc2C)cc1C. The Balaban J connectivity index is 2.19. The summed E-state index contributed by atoms with van der Waals surface area (Å²) in [5.74, 6) is 0.408. The highest BCUT2D eigenvalue weighted by molar-refractivity contribution is 5.56. The number of benzene rings is 4. The molecule has 0 atom stereocenters. The lowest BCUT2D eigenvalue weighted by Gasteiger charge is -2.35. The normalized spacial score (nSPS) is 11.6. The van der Waals surface area contributed by atoms with E-state index in [4.69, 9.17) is 0 Å². The van der Waals surface area contributed by atoms with Gasteiger partial charge in [-0.3, -0.25) is 0 Å². The zero-order valence-electron chi connectivity index (χ0n) is 25.8. The number of hydrogen-bond donors (Lipinski definition) is 0. The molecule has 0 aromatic heterocycles. The van der Waals surface area contributed by atoms with Crippen LogP contribution in [0.1, 0.15) is 101 Å². The van der Waals surface area contributed by atoms with E-state index in [1.54, 1.807) is 0 Å². The summed E-state index contributed by atoms with van der Waals surface area (Å²) in [6.45, 7) is 27.2. The molecule has 0 bridgehead atoms. The molecule has 0 aliphatic rings. The zero-order valence-corrected chi connectivity index (χ0v) is 25.8. The van der Waals surface area contributed by atoms with Crippen LogP contribution in [0.5, 0.6) is 0 Å². The zero-order chi connectivity index (χ0) is 28.0. The van der Waals surface area contributed by atoms with E-state index in [1.807, 2.05) is 0 Å². The van der Waals surface area contributed by atoms with Crippen LogP contribution >= 0.6 is 0 Å². The maximum atomic E-state index is 2.48. The van der Waals surface area contributed by atoms with Gasteiger partial charge in [-0.15, -0.1) is 0 Å². The molecule has 0 unspecified atom stereocenters. The van der Waals surface area contributed by atoms with Gasteiger partial charge in [-0.1, -0.05) is 48.5 Å². The van der Waals surface area contributed by atoms with Crippen molar-refractivity contribution in [3.05, 3.63) is 138 Å². The molecule has 0 saturated heterocycles. The number of aryl methyl sites for hydroxylation is 12. The van der Waals surface area contributed by atoms with Crippen molar-refractivity contribution in [1.82, 2.24) is 0 Å². The van der Waals surface area contributed by atoms with Crippen LogP contribution in [0, 0.1) is 83.1 Å². The van der Waals surface area contributed by atoms with Crippen LogP contribution in [-0.4, -0.2) is 0 Å². The van der Waals surface area contributed by atoms with E-state index >= 15 is 0 Å². The Bertz CT molecular complexity index is 1300. The van der Waals surface area contributed by atoms with E-state index in [1.165, 1.54) is 89.0 Å². The van der Waals surface area contributed by atoms with Gasteiger partial charge in [0.05, 0.1) is 0 Å². The summed E-state index contributed by atoms with van der Waals surface area (Å²) >= 11 is 0. The van der Waals surface area contributed by atoms with E-state index < -0.39 is 0 Å².